The highest BCUT2D eigenvalue weighted by Gasteiger charge is 2.22. The predicted molar refractivity (Wildman–Crippen MR) is 116 cm³/mol. The Bertz CT molecular complexity index is 1210. The van der Waals surface area contributed by atoms with Crippen LogP contribution < -0.4 is 4.90 Å². The molecule has 0 atom stereocenters. The van der Waals surface area contributed by atoms with Gasteiger partial charge in [0.2, 0.25) is 0 Å². The summed E-state index contributed by atoms with van der Waals surface area (Å²) in [5.74, 6) is 0.0609. The molecule has 1 aliphatic rings. The molecular formula is C24H22N4O. The zero-order valence-electron chi connectivity index (χ0n) is 16.4. The van der Waals surface area contributed by atoms with E-state index in [4.69, 9.17) is 0 Å². The van der Waals surface area contributed by atoms with Crippen molar-refractivity contribution in [2.24, 2.45) is 0 Å². The highest BCUT2D eigenvalue weighted by atomic mass is 16.2. The van der Waals surface area contributed by atoms with Gasteiger partial charge >= 0.3 is 0 Å². The maximum Gasteiger partial charge on any atom is 0.254 e. The predicted octanol–water partition coefficient (Wildman–Crippen LogP) is 4.05. The minimum absolute atomic E-state index is 0.0609. The number of hydrogen-bond acceptors (Lipinski definition) is 4. The summed E-state index contributed by atoms with van der Waals surface area (Å²) in [7, 11) is 0. The molecule has 0 saturated carbocycles. The quantitative estimate of drug-likeness (QED) is 0.491. The summed E-state index contributed by atoms with van der Waals surface area (Å²) < 4.78 is 0. The van der Waals surface area contributed by atoms with Crippen LogP contribution in [0.15, 0.2) is 66.7 Å². The number of carbonyl (C=O) groups is 1. The molecule has 1 aliphatic heterocycles. The summed E-state index contributed by atoms with van der Waals surface area (Å²) in [6.07, 6.45) is 0. The molecule has 3 aromatic carbocycles. The van der Waals surface area contributed by atoms with Crippen LogP contribution in [0.4, 0.5) is 5.69 Å². The van der Waals surface area contributed by atoms with Gasteiger partial charge in [-0.1, -0.05) is 24.3 Å². The van der Waals surface area contributed by atoms with E-state index in [1.807, 2.05) is 47.4 Å². The van der Waals surface area contributed by atoms with Gasteiger partial charge in [0.15, 0.2) is 0 Å². The van der Waals surface area contributed by atoms with Gasteiger partial charge < -0.3 is 9.80 Å². The maximum absolute atomic E-state index is 13.1. The third-order valence-corrected chi connectivity index (χ3v) is 5.52. The molecule has 0 radical (unpaired) electrons. The number of amides is 1. The maximum atomic E-state index is 13.1. The summed E-state index contributed by atoms with van der Waals surface area (Å²) >= 11 is 0. The van der Waals surface area contributed by atoms with Crippen molar-refractivity contribution in [1.82, 2.24) is 14.9 Å². The zero-order chi connectivity index (χ0) is 19.8. The van der Waals surface area contributed by atoms with Crippen LogP contribution in [0, 0.1) is 6.92 Å². The van der Waals surface area contributed by atoms with Gasteiger partial charge in [0.1, 0.15) is 0 Å². The van der Waals surface area contributed by atoms with E-state index in [2.05, 4.69) is 46.1 Å². The molecule has 144 valence electrons. The minimum atomic E-state index is 0.0609. The summed E-state index contributed by atoms with van der Waals surface area (Å²) in [6.45, 7) is 5.22. The second-order valence-electron chi connectivity index (χ2n) is 7.53. The van der Waals surface area contributed by atoms with Crippen LogP contribution in [0.1, 0.15) is 15.9 Å². The normalized spacial score (nSPS) is 14.5. The average Bonchev–Trinajstić information content (AvgIpc) is 2.77. The number of aromatic nitrogens is 2. The number of hydrogen-bond donors (Lipinski definition) is 0. The van der Waals surface area contributed by atoms with Crippen LogP contribution in [0.5, 0.6) is 0 Å². The van der Waals surface area contributed by atoms with Gasteiger partial charge in [0.25, 0.3) is 5.91 Å². The van der Waals surface area contributed by atoms with Crippen molar-refractivity contribution in [1.29, 1.82) is 0 Å². The lowest BCUT2D eigenvalue weighted by Gasteiger charge is -2.36. The third-order valence-electron chi connectivity index (χ3n) is 5.52. The molecule has 1 fully saturated rings. The van der Waals surface area contributed by atoms with Gasteiger partial charge in [-0.3, -0.25) is 4.79 Å². The van der Waals surface area contributed by atoms with Crippen LogP contribution in [0.2, 0.25) is 0 Å². The van der Waals surface area contributed by atoms with Crippen molar-refractivity contribution in [3.8, 4) is 0 Å². The SMILES string of the molecule is Cc1cccc(N2CCN(C(=O)c3ccc4nc5ccccc5nc4c3)CC2)c1. The zero-order valence-corrected chi connectivity index (χ0v) is 16.4. The van der Waals surface area contributed by atoms with E-state index in [0.717, 1.165) is 35.2 Å². The summed E-state index contributed by atoms with van der Waals surface area (Å²) in [6, 6.07) is 22.0. The highest BCUT2D eigenvalue weighted by molar-refractivity contribution is 5.98. The Hall–Kier alpha value is -3.47. The molecule has 29 heavy (non-hydrogen) atoms. The first kappa shape index (κ1) is 17.6. The Balaban J connectivity index is 1.35. The van der Waals surface area contributed by atoms with Crippen molar-refractivity contribution in [2.45, 2.75) is 6.92 Å². The molecule has 0 bridgehead atoms. The van der Waals surface area contributed by atoms with E-state index in [-0.39, 0.29) is 5.91 Å². The largest absolute Gasteiger partial charge is 0.368 e. The molecule has 2 heterocycles. The number of carbonyl (C=O) groups excluding carboxylic acids is 1. The highest BCUT2D eigenvalue weighted by Crippen LogP contribution is 2.21. The molecule has 4 aromatic rings. The fraction of sp³-hybridized carbons (Fsp3) is 0.208. The van der Waals surface area contributed by atoms with E-state index in [9.17, 15) is 4.79 Å². The van der Waals surface area contributed by atoms with E-state index in [1.165, 1.54) is 11.3 Å². The number of nitrogens with zero attached hydrogens (tertiary/aromatic N) is 4. The van der Waals surface area contributed by atoms with Crippen LogP contribution in [-0.2, 0) is 0 Å². The van der Waals surface area contributed by atoms with E-state index >= 15 is 0 Å². The lowest BCUT2D eigenvalue weighted by Crippen LogP contribution is -2.48. The number of piperazine rings is 1. The molecule has 0 aliphatic carbocycles. The van der Waals surface area contributed by atoms with Gasteiger partial charge in [-0.25, -0.2) is 9.97 Å². The Morgan fingerprint density at radius 1 is 0.759 bits per heavy atom. The van der Waals surface area contributed by atoms with Crippen molar-refractivity contribution < 1.29 is 4.79 Å². The molecule has 5 rings (SSSR count). The van der Waals surface area contributed by atoms with Crippen molar-refractivity contribution in [3.63, 3.8) is 0 Å². The van der Waals surface area contributed by atoms with Gasteiger partial charge in [-0.15, -0.1) is 0 Å². The standard InChI is InChI=1S/C24H22N4O/c1-17-5-4-6-19(15-17)27-11-13-28(14-12-27)24(29)18-9-10-22-23(16-18)26-21-8-3-2-7-20(21)25-22/h2-10,15-16H,11-14H2,1H3. The molecule has 5 nitrogen and oxygen atoms in total. The number of aryl methyl sites for hydroxylation is 1. The summed E-state index contributed by atoms with van der Waals surface area (Å²) in [4.78, 5) is 26.7. The van der Waals surface area contributed by atoms with Gasteiger partial charge in [0.05, 0.1) is 22.1 Å². The van der Waals surface area contributed by atoms with E-state index < -0.39 is 0 Å². The molecule has 5 heteroatoms. The van der Waals surface area contributed by atoms with E-state index in [0.29, 0.717) is 18.7 Å². The molecular weight excluding hydrogens is 360 g/mol. The van der Waals surface area contributed by atoms with Crippen LogP contribution in [0.25, 0.3) is 22.1 Å². The topological polar surface area (TPSA) is 49.3 Å². The molecule has 0 unspecified atom stereocenters. The molecule has 1 amide bonds. The summed E-state index contributed by atoms with van der Waals surface area (Å²) in [5.41, 5.74) is 6.43. The van der Waals surface area contributed by atoms with Crippen LogP contribution >= 0.6 is 0 Å². The van der Waals surface area contributed by atoms with Crippen LogP contribution in [-0.4, -0.2) is 47.0 Å². The monoisotopic (exact) mass is 382 g/mol. The second kappa shape index (κ2) is 7.17. The Morgan fingerprint density at radius 3 is 2.17 bits per heavy atom. The van der Waals surface area contributed by atoms with Gasteiger partial charge in [0, 0.05) is 37.4 Å². The molecule has 0 N–H and O–H groups in total. The first-order chi connectivity index (χ1) is 14.2. The number of para-hydroxylation sites is 2. The lowest BCUT2D eigenvalue weighted by atomic mass is 10.1. The summed E-state index contributed by atoms with van der Waals surface area (Å²) in [5, 5.41) is 0. The molecule has 1 aromatic heterocycles. The first-order valence-electron chi connectivity index (χ1n) is 9.95. The van der Waals surface area contributed by atoms with Crippen LogP contribution in [0.3, 0.4) is 0 Å². The average molecular weight is 382 g/mol. The smallest absolute Gasteiger partial charge is 0.254 e. The third kappa shape index (κ3) is 3.40. The second-order valence-corrected chi connectivity index (χ2v) is 7.53. The molecule has 1 saturated heterocycles. The van der Waals surface area contributed by atoms with Crippen molar-refractivity contribution in [2.75, 3.05) is 31.1 Å². The number of fused-ring (bicyclic) bond motifs is 2. The van der Waals surface area contributed by atoms with Gasteiger partial charge in [-0.05, 0) is 55.0 Å². The number of anilines is 1. The fourth-order valence-electron chi connectivity index (χ4n) is 3.93. The Morgan fingerprint density at radius 2 is 1.45 bits per heavy atom. The number of rotatable bonds is 2. The fourth-order valence-corrected chi connectivity index (χ4v) is 3.93. The Labute approximate surface area is 169 Å². The Kier molecular flexibility index (Phi) is 4.35. The minimum Gasteiger partial charge on any atom is -0.368 e. The first-order valence-corrected chi connectivity index (χ1v) is 9.95. The van der Waals surface area contributed by atoms with E-state index in [1.54, 1.807) is 0 Å². The van der Waals surface area contributed by atoms with Gasteiger partial charge in [-0.2, -0.15) is 0 Å². The number of benzene rings is 3. The van der Waals surface area contributed by atoms with Crippen molar-refractivity contribution >= 4 is 33.7 Å². The molecule has 0 spiro atoms. The lowest BCUT2D eigenvalue weighted by molar-refractivity contribution is 0.0747. The van der Waals surface area contributed by atoms with Crippen molar-refractivity contribution in [3.05, 3.63) is 77.9 Å².